The standard InChI is InChI=1S/C25H28N2O3S/c1-15(2)11-27(12-16(3)4)13-18-21(28)10-9-17-23(29)19(14-30-24(17)18)25-26-20-7-5-6-8-22(20)31-25/h5-10,14-16,28H,11-13H2,1-4H3. The van der Waals surface area contributed by atoms with Crippen LogP contribution in [0.3, 0.4) is 0 Å². The van der Waals surface area contributed by atoms with Gasteiger partial charge in [-0.25, -0.2) is 4.98 Å². The summed E-state index contributed by atoms with van der Waals surface area (Å²) in [4.78, 5) is 19.2. The van der Waals surface area contributed by atoms with Crippen LogP contribution >= 0.6 is 11.3 Å². The van der Waals surface area contributed by atoms with Crippen LogP contribution in [-0.4, -0.2) is 18.1 Å². The van der Waals surface area contributed by atoms with E-state index in [1.54, 1.807) is 6.07 Å². The maximum absolute atomic E-state index is 13.3. The first kappa shape index (κ1) is 21.5. The lowest BCUT2D eigenvalue weighted by molar-refractivity contribution is -0.919. The van der Waals surface area contributed by atoms with Gasteiger partial charge in [0.05, 0.1) is 34.3 Å². The van der Waals surface area contributed by atoms with Gasteiger partial charge in [-0.2, -0.15) is 0 Å². The highest BCUT2D eigenvalue weighted by Gasteiger charge is 2.20. The van der Waals surface area contributed by atoms with Crippen molar-refractivity contribution >= 4 is 32.5 Å². The third-order valence-corrected chi connectivity index (χ3v) is 6.42. The molecule has 5 nitrogen and oxygen atoms in total. The van der Waals surface area contributed by atoms with Crippen molar-refractivity contribution in [2.75, 3.05) is 13.1 Å². The Kier molecular flexibility index (Phi) is 6.12. The summed E-state index contributed by atoms with van der Waals surface area (Å²) in [5, 5.41) is 13.8. The third kappa shape index (κ3) is 4.50. The molecule has 31 heavy (non-hydrogen) atoms. The second kappa shape index (κ2) is 8.81. The maximum Gasteiger partial charge on any atom is 0.202 e. The number of nitrogens with zero attached hydrogens (tertiary/aromatic N) is 1. The molecule has 0 unspecified atom stereocenters. The molecule has 162 valence electrons. The quantitative estimate of drug-likeness (QED) is 0.478. The number of nitrogens with one attached hydrogen (secondary N) is 1. The lowest BCUT2D eigenvalue weighted by atomic mass is 10.1. The summed E-state index contributed by atoms with van der Waals surface area (Å²) in [5.41, 5.74) is 2.15. The molecule has 0 radical (unpaired) electrons. The highest BCUT2D eigenvalue weighted by atomic mass is 32.1. The molecule has 0 amide bonds. The fraction of sp³-hybridized carbons (Fsp3) is 0.360. The molecule has 0 saturated heterocycles. The van der Waals surface area contributed by atoms with Crippen molar-refractivity contribution in [1.82, 2.24) is 4.98 Å². The zero-order valence-corrected chi connectivity index (χ0v) is 19.2. The Morgan fingerprint density at radius 1 is 1.06 bits per heavy atom. The van der Waals surface area contributed by atoms with E-state index in [1.807, 2.05) is 24.3 Å². The van der Waals surface area contributed by atoms with E-state index >= 15 is 0 Å². The molecule has 4 rings (SSSR count). The highest BCUT2D eigenvalue weighted by molar-refractivity contribution is 7.21. The number of hydrogen-bond acceptors (Lipinski definition) is 5. The molecule has 2 aromatic carbocycles. The van der Waals surface area contributed by atoms with Crippen molar-refractivity contribution in [3.8, 4) is 16.3 Å². The van der Waals surface area contributed by atoms with Crippen molar-refractivity contribution in [3.63, 3.8) is 0 Å². The predicted molar refractivity (Wildman–Crippen MR) is 125 cm³/mol. The molecule has 6 heteroatoms. The van der Waals surface area contributed by atoms with Crippen LogP contribution < -0.4 is 15.4 Å². The van der Waals surface area contributed by atoms with Gasteiger partial charge in [0.15, 0.2) is 0 Å². The number of quaternary nitrogens is 1. The third-order valence-electron chi connectivity index (χ3n) is 5.35. The molecule has 4 aromatic rings. The Balaban J connectivity index is 1.78. The second-order valence-electron chi connectivity index (χ2n) is 9.01. The Hall–Kier alpha value is -2.70. The number of thiazole rings is 1. The van der Waals surface area contributed by atoms with Gasteiger partial charge in [0.25, 0.3) is 0 Å². The van der Waals surface area contributed by atoms with Crippen molar-refractivity contribution < 1.29 is 14.4 Å². The van der Waals surface area contributed by atoms with Gasteiger partial charge in [-0.3, -0.25) is 4.79 Å². The van der Waals surface area contributed by atoms with Crippen LogP contribution in [0.4, 0.5) is 0 Å². The molecule has 2 aromatic heterocycles. The molecule has 0 saturated carbocycles. The number of fused-ring (bicyclic) bond motifs is 2. The van der Waals surface area contributed by atoms with E-state index in [-0.39, 0.29) is 11.2 Å². The van der Waals surface area contributed by atoms with E-state index in [9.17, 15) is 9.90 Å². The zero-order valence-electron chi connectivity index (χ0n) is 18.4. The monoisotopic (exact) mass is 436 g/mol. The molecule has 1 N–H and O–H groups in total. The topological polar surface area (TPSA) is 70.6 Å². The maximum atomic E-state index is 13.3. The molecule has 0 bridgehead atoms. The van der Waals surface area contributed by atoms with Crippen molar-refractivity contribution in [3.05, 3.63) is 58.4 Å². The minimum atomic E-state index is -0.143. The number of aromatic nitrogens is 1. The van der Waals surface area contributed by atoms with Crippen LogP contribution in [0, 0.1) is 11.8 Å². The lowest BCUT2D eigenvalue weighted by Gasteiger charge is -2.25. The minimum absolute atomic E-state index is 0.0756. The van der Waals surface area contributed by atoms with Crippen LogP contribution in [0.25, 0.3) is 31.8 Å². The van der Waals surface area contributed by atoms with E-state index in [4.69, 9.17) is 4.42 Å². The van der Waals surface area contributed by atoms with Gasteiger partial charge in [0.1, 0.15) is 23.4 Å². The Morgan fingerprint density at radius 2 is 1.77 bits per heavy atom. The minimum Gasteiger partial charge on any atom is -0.872 e. The molecule has 0 atom stereocenters. The molecule has 0 aliphatic heterocycles. The van der Waals surface area contributed by atoms with Crippen molar-refractivity contribution in [2.45, 2.75) is 34.2 Å². The van der Waals surface area contributed by atoms with E-state index in [1.165, 1.54) is 28.6 Å². The smallest absolute Gasteiger partial charge is 0.202 e. The number of hydrogen-bond donors (Lipinski definition) is 1. The number of rotatable bonds is 7. The molecule has 2 heterocycles. The van der Waals surface area contributed by atoms with Crippen LogP contribution in [0.2, 0.25) is 0 Å². The van der Waals surface area contributed by atoms with Gasteiger partial charge in [-0.1, -0.05) is 51.6 Å². The normalized spacial score (nSPS) is 12.1. The van der Waals surface area contributed by atoms with Crippen LogP contribution in [-0.2, 0) is 6.54 Å². The number of para-hydroxylation sites is 1. The molecular formula is C25H28N2O3S. The number of benzene rings is 2. The molecular weight excluding hydrogens is 408 g/mol. The van der Waals surface area contributed by atoms with Gasteiger partial charge in [0.2, 0.25) is 5.43 Å². The SMILES string of the molecule is CC(C)C[NH+](Cc1c([O-])ccc2c(=O)c(-c3nc4ccccc4s3)coc12)CC(C)C. The van der Waals surface area contributed by atoms with Crippen LogP contribution in [0.1, 0.15) is 33.3 Å². The lowest BCUT2D eigenvalue weighted by Crippen LogP contribution is -3.11. The zero-order chi connectivity index (χ0) is 22.1. The van der Waals surface area contributed by atoms with Gasteiger partial charge in [-0.15, -0.1) is 11.3 Å². The van der Waals surface area contributed by atoms with Crippen LogP contribution in [0.15, 0.2) is 51.9 Å². The van der Waals surface area contributed by atoms with Crippen LogP contribution in [0.5, 0.6) is 5.75 Å². The Labute approximate surface area is 186 Å². The summed E-state index contributed by atoms with van der Waals surface area (Å²) in [6.45, 7) is 11.2. The first-order valence-corrected chi connectivity index (χ1v) is 11.6. The van der Waals surface area contributed by atoms with Gasteiger partial charge in [-0.05, 0) is 18.2 Å². The summed E-state index contributed by atoms with van der Waals surface area (Å²) in [5.74, 6) is 0.946. The van der Waals surface area contributed by atoms with Gasteiger partial charge < -0.3 is 14.4 Å². The largest absolute Gasteiger partial charge is 0.872 e. The van der Waals surface area contributed by atoms with E-state index in [0.29, 0.717) is 45.5 Å². The molecule has 0 aliphatic carbocycles. The summed E-state index contributed by atoms with van der Waals surface area (Å²) >= 11 is 1.47. The Bertz CT molecular complexity index is 1230. The predicted octanol–water partition coefficient (Wildman–Crippen LogP) is 3.84. The average molecular weight is 437 g/mol. The molecule has 0 aliphatic rings. The molecule has 0 fully saturated rings. The van der Waals surface area contributed by atoms with E-state index in [0.717, 1.165) is 23.3 Å². The van der Waals surface area contributed by atoms with Crippen molar-refractivity contribution in [2.24, 2.45) is 11.8 Å². The molecule has 0 spiro atoms. The average Bonchev–Trinajstić information content (AvgIpc) is 3.13. The van der Waals surface area contributed by atoms with Crippen molar-refractivity contribution in [1.29, 1.82) is 0 Å². The first-order chi connectivity index (χ1) is 14.8. The summed E-state index contributed by atoms with van der Waals surface area (Å²) < 4.78 is 6.97. The Morgan fingerprint density at radius 3 is 2.45 bits per heavy atom. The fourth-order valence-corrected chi connectivity index (χ4v) is 5.14. The van der Waals surface area contributed by atoms with Gasteiger partial charge >= 0.3 is 0 Å². The fourth-order valence-electron chi connectivity index (χ4n) is 4.17. The van der Waals surface area contributed by atoms with E-state index in [2.05, 4.69) is 32.7 Å². The first-order valence-electron chi connectivity index (χ1n) is 10.8. The second-order valence-corrected chi connectivity index (χ2v) is 10.0. The summed E-state index contributed by atoms with van der Waals surface area (Å²) in [7, 11) is 0. The highest BCUT2D eigenvalue weighted by Crippen LogP contribution is 2.31. The van der Waals surface area contributed by atoms with Gasteiger partial charge in [0, 0.05) is 17.4 Å². The summed E-state index contributed by atoms with van der Waals surface area (Å²) in [6.07, 6.45) is 1.47. The van der Waals surface area contributed by atoms with E-state index < -0.39 is 0 Å². The summed E-state index contributed by atoms with van der Waals surface area (Å²) in [6, 6.07) is 10.9.